The lowest BCUT2D eigenvalue weighted by Crippen LogP contribution is -2.59. The number of rotatable bonds is 7. The van der Waals surface area contributed by atoms with E-state index in [4.69, 9.17) is 9.47 Å². The molecule has 15 nitrogen and oxygen atoms in total. The molecule has 15 heteroatoms. The zero-order chi connectivity index (χ0) is 38.3. The van der Waals surface area contributed by atoms with E-state index in [-0.39, 0.29) is 18.7 Å². The number of benzene rings is 1. The minimum absolute atomic E-state index is 0.0868. The third-order valence-corrected chi connectivity index (χ3v) is 10.2. The molecule has 286 valence electrons. The van der Waals surface area contributed by atoms with Crippen molar-refractivity contribution in [1.82, 2.24) is 30.7 Å². The van der Waals surface area contributed by atoms with Crippen LogP contribution in [0.1, 0.15) is 78.7 Å². The largest absolute Gasteiger partial charge is 0.497 e. The molecule has 3 aliphatic rings. The smallest absolute Gasteiger partial charge is 0.329 e. The van der Waals surface area contributed by atoms with Gasteiger partial charge in [0.25, 0.3) is 0 Å². The van der Waals surface area contributed by atoms with Gasteiger partial charge in [-0.3, -0.25) is 28.8 Å². The molecule has 6 amide bonds. The van der Waals surface area contributed by atoms with Crippen LogP contribution in [0, 0.1) is 5.92 Å². The van der Waals surface area contributed by atoms with Crippen LogP contribution in [0.15, 0.2) is 24.3 Å². The molecule has 1 unspecified atom stereocenters. The number of hydrogen-bond donors (Lipinski definition) is 3. The number of likely N-dealkylation sites (N-methyl/N-ethyl adjacent to an activating group) is 1. The Bertz CT molecular complexity index is 1500. The molecule has 0 aliphatic carbocycles. The van der Waals surface area contributed by atoms with Gasteiger partial charge in [0.1, 0.15) is 48.1 Å². The van der Waals surface area contributed by atoms with Gasteiger partial charge in [0, 0.05) is 33.5 Å². The lowest BCUT2D eigenvalue weighted by atomic mass is 10.00. The molecule has 0 radical (unpaired) electrons. The first-order valence-corrected chi connectivity index (χ1v) is 18.3. The predicted octanol–water partition coefficient (Wildman–Crippen LogP) is 0.922. The standard InChI is InChI=1S/C37H54N6O9/c1-8-11-26-34(47)42-18-10-13-28(42)36(49)43-19-9-12-27(43)35(48)41(6)29(20-24-14-16-25(51-7)17-15-24)32(45)40-30(21(2)3)37(50)52-22(4)31(33(46)39-26)38-23(5)44/h14-17,21-22,26-31H,8-13,18-20H2,1-7H3,(H,38,44)(H,39,46)(H,40,45)/t22-,26-,27+,28+,29+,30?,31+/m1/s1. The van der Waals surface area contributed by atoms with Crippen LogP contribution in [0.2, 0.25) is 0 Å². The number of nitrogens with zero attached hydrogens (tertiary/aromatic N) is 3. The Morgan fingerprint density at radius 1 is 0.923 bits per heavy atom. The van der Waals surface area contributed by atoms with Crippen LogP contribution in [0.4, 0.5) is 0 Å². The van der Waals surface area contributed by atoms with Gasteiger partial charge < -0.3 is 40.1 Å². The summed E-state index contributed by atoms with van der Waals surface area (Å²) in [6.45, 7) is 8.55. The molecule has 3 aliphatic heterocycles. The van der Waals surface area contributed by atoms with Crippen molar-refractivity contribution in [3.8, 4) is 5.75 Å². The summed E-state index contributed by atoms with van der Waals surface area (Å²) in [5.74, 6) is -3.85. The van der Waals surface area contributed by atoms with Crippen LogP contribution in [0.25, 0.3) is 0 Å². The SMILES string of the molecule is CCC[C@H]1NC(=O)[C@@H](NC(C)=O)[C@@H](C)OC(=O)C(C(C)C)NC(=O)[C@H](Cc2ccc(OC)cc2)N(C)C(=O)[C@@H]2CCCN2C(=O)[C@@H]2CCCN2C1=O. The molecule has 1 aromatic carbocycles. The summed E-state index contributed by atoms with van der Waals surface area (Å²) < 4.78 is 11.0. The zero-order valence-corrected chi connectivity index (χ0v) is 31.3. The van der Waals surface area contributed by atoms with Gasteiger partial charge in [0.15, 0.2) is 0 Å². The molecule has 3 N–H and O–H groups in total. The summed E-state index contributed by atoms with van der Waals surface area (Å²) in [5, 5.41) is 8.07. The van der Waals surface area contributed by atoms with Crippen LogP contribution in [-0.4, -0.2) is 126 Å². The van der Waals surface area contributed by atoms with Gasteiger partial charge >= 0.3 is 5.97 Å². The second-order valence-electron chi connectivity index (χ2n) is 14.3. The Labute approximate surface area is 305 Å². The Kier molecular flexibility index (Phi) is 13.6. The van der Waals surface area contributed by atoms with Crippen molar-refractivity contribution in [3.63, 3.8) is 0 Å². The van der Waals surface area contributed by atoms with Crippen molar-refractivity contribution in [2.45, 2.75) is 122 Å². The van der Waals surface area contributed by atoms with Gasteiger partial charge in [-0.05, 0) is 62.6 Å². The van der Waals surface area contributed by atoms with Gasteiger partial charge in [-0.1, -0.05) is 39.3 Å². The molecule has 7 atom stereocenters. The van der Waals surface area contributed by atoms with E-state index in [0.29, 0.717) is 50.9 Å². The van der Waals surface area contributed by atoms with Crippen molar-refractivity contribution in [2.24, 2.45) is 5.92 Å². The summed E-state index contributed by atoms with van der Waals surface area (Å²) in [5.41, 5.74) is 0.724. The third-order valence-electron chi connectivity index (χ3n) is 10.2. The number of hydrogen-bond acceptors (Lipinski definition) is 9. The minimum atomic E-state index is -1.37. The number of ether oxygens (including phenoxy) is 2. The second-order valence-corrected chi connectivity index (χ2v) is 14.3. The van der Waals surface area contributed by atoms with E-state index in [2.05, 4.69) is 16.0 Å². The van der Waals surface area contributed by atoms with Crippen molar-refractivity contribution in [3.05, 3.63) is 29.8 Å². The first kappa shape index (κ1) is 40.1. The Hall–Kier alpha value is -4.69. The van der Waals surface area contributed by atoms with E-state index in [1.165, 1.54) is 42.7 Å². The average Bonchev–Trinajstić information content (AvgIpc) is 3.81. The molecular weight excluding hydrogens is 672 g/mol. The number of amides is 6. The van der Waals surface area contributed by atoms with E-state index in [9.17, 15) is 33.6 Å². The fourth-order valence-electron chi connectivity index (χ4n) is 7.24. The van der Waals surface area contributed by atoms with Crippen LogP contribution < -0.4 is 20.7 Å². The van der Waals surface area contributed by atoms with E-state index in [1.807, 2.05) is 6.92 Å². The maximum Gasteiger partial charge on any atom is 0.329 e. The highest BCUT2D eigenvalue weighted by Crippen LogP contribution is 2.28. The number of nitrogens with one attached hydrogen (secondary N) is 3. The average molecular weight is 727 g/mol. The summed E-state index contributed by atoms with van der Waals surface area (Å²) in [4.78, 5) is 101. The highest BCUT2D eigenvalue weighted by molar-refractivity contribution is 5.97. The molecule has 52 heavy (non-hydrogen) atoms. The topological polar surface area (TPSA) is 184 Å². The Morgan fingerprint density at radius 3 is 2.08 bits per heavy atom. The Balaban J connectivity index is 1.78. The van der Waals surface area contributed by atoms with Gasteiger partial charge in [-0.25, -0.2) is 4.79 Å². The number of fused-ring (bicyclic) bond motifs is 2. The van der Waals surface area contributed by atoms with E-state index in [1.54, 1.807) is 38.1 Å². The van der Waals surface area contributed by atoms with Gasteiger partial charge in [-0.15, -0.1) is 0 Å². The number of esters is 1. The first-order chi connectivity index (χ1) is 24.7. The van der Waals surface area contributed by atoms with E-state index >= 15 is 0 Å². The van der Waals surface area contributed by atoms with Gasteiger partial charge in [0.05, 0.1) is 7.11 Å². The number of carbonyl (C=O) groups excluding carboxylic acids is 7. The van der Waals surface area contributed by atoms with Crippen molar-refractivity contribution in [2.75, 3.05) is 27.2 Å². The van der Waals surface area contributed by atoms with Crippen molar-refractivity contribution in [1.29, 1.82) is 0 Å². The molecular formula is C37H54N6O9. The van der Waals surface area contributed by atoms with Crippen LogP contribution in [-0.2, 0) is 44.7 Å². The maximum absolute atomic E-state index is 14.3. The van der Waals surface area contributed by atoms with Crippen molar-refractivity contribution >= 4 is 41.4 Å². The lowest BCUT2D eigenvalue weighted by Gasteiger charge is -2.36. The molecule has 0 spiro atoms. The fraction of sp³-hybridized carbons (Fsp3) is 0.649. The first-order valence-electron chi connectivity index (χ1n) is 18.3. The molecule has 3 fully saturated rings. The van der Waals surface area contributed by atoms with Gasteiger partial charge in [-0.2, -0.15) is 0 Å². The lowest BCUT2D eigenvalue weighted by molar-refractivity contribution is -0.157. The van der Waals surface area contributed by atoms with Crippen LogP contribution in [0.5, 0.6) is 5.75 Å². The monoisotopic (exact) mass is 726 g/mol. The molecule has 3 saturated heterocycles. The summed E-state index contributed by atoms with van der Waals surface area (Å²) in [6.07, 6.45) is 1.56. The normalized spacial score (nSPS) is 28.3. The molecule has 3 heterocycles. The molecule has 4 rings (SSSR count). The fourth-order valence-corrected chi connectivity index (χ4v) is 7.24. The summed E-state index contributed by atoms with van der Waals surface area (Å²) >= 11 is 0. The van der Waals surface area contributed by atoms with Crippen LogP contribution >= 0.6 is 0 Å². The molecule has 0 saturated carbocycles. The molecule has 0 bridgehead atoms. The third kappa shape index (κ3) is 9.20. The molecule has 1 aromatic rings. The quantitative estimate of drug-likeness (QED) is 0.344. The van der Waals surface area contributed by atoms with E-state index < -0.39 is 83.8 Å². The summed E-state index contributed by atoms with van der Waals surface area (Å²) in [7, 11) is 3.05. The maximum atomic E-state index is 14.3. The number of methoxy groups -OCH3 is 1. The zero-order valence-electron chi connectivity index (χ0n) is 31.3. The van der Waals surface area contributed by atoms with Gasteiger partial charge in [0.2, 0.25) is 35.4 Å². The second kappa shape index (κ2) is 17.7. The highest BCUT2D eigenvalue weighted by Gasteiger charge is 2.46. The van der Waals surface area contributed by atoms with E-state index in [0.717, 1.165) is 5.56 Å². The highest BCUT2D eigenvalue weighted by atomic mass is 16.5. The summed E-state index contributed by atoms with van der Waals surface area (Å²) in [6, 6.07) is 0.689. The molecule has 0 aromatic heterocycles. The minimum Gasteiger partial charge on any atom is -0.497 e. The predicted molar refractivity (Wildman–Crippen MR) is 189 cm³/mol. The van der Waals surface area contributed by atoms with Crippen molar-refractivity contribution < 1.29 is 43.0 Å². The number of carbonyl (C=O) groups is 7. The van der Waals surface area contributed by atoms with Crippen LogP contribution in [0.3, 0.4) is 0 Å². The Morgan fingerprint density at radius 2 is 1.52 bits per heavy atom. The number of cyclic esters (lactones) is 1.